The zero-order valence-corrected chi connectivity index (χ0v) is 13.8. The van der Waals surface area contributed by atoms with E-state index in [0.717, 1.165) is 4.47 Å². The average Bonchev–Trinajstić information content (AvgIpc) is 2.27. The van der Waals surface area contributed by atoms with Crippen LogP contribution in [0, 0.1) is 0 Å². The predicted molar refractivity (Wildman–Crippen MR) is 81.5 cm³/mol. The molecule has 0 radical (unpaired) electrons. The fourth-order valence-electron chi connectivity index (χ4n) is 2.72. The summed E-state index contributed by atoms with van der Waals surface area (Å²) in [6.07, 6.45) is 1.58. The summed E-state index contributed by atoms with van der Waals surface area (Å²) in [7, 11) is 0. The summed E-state index contributed by atoms with van der Waals surface area (Å²) in [6.45, 7) is 8.99. The molecule has 5 nitrogen and oxygen atoms in total. The van der Waals surface area contributed by atoms with Gasteiger partial charge in [0.15, 0.2) is 0 Å². The van der Waals surface area contributed by atoms with Gasteiger partial charge in [-0.05, 0) is 49.7 Å². The number of nitrogens with zero attached hydrogens (tertiary/aromatic N) is 2. The number of pyridine rings is 1. The van der Waals surface area contributed by atoms with Crippen LogP contribution in [-0.4, -0.2) is 40.1 Å². The number of morpholine rings is 1. The zero-order valence-electron chi connectivity index (χ0n) is 12.2. The van der Waals surface area contributed by atoms with Crippen molar-refractivity contribution < 1.29 is 9.53 Å². The van der Waals surface area contributed by atoms with Crippen molar-refractivity contribution in [2.75, 3.05) is 18.8 Å². The molecule has 0 bridgehead atoms. The molecule has 1 saturated heterocycles. The Hall–Kier alpha value is -1.14. The molecule has 6 heteroatoms. The van der Waals surface area contributed by atoms with Crippen molar-refractivity contribution in [2.45, 2.75) is 38.9 Å². The molecule has 2 N–H and O–H groups in total. The highest BCUT2D eigenvalue weighted by molar-refractivity contribution is 9.10. The standard InChI is InChI=1S/C14H20BrN3O2/c1-13(2)7-18(8-14(3,4)20-13)12(19)10-5-9(15)6-17-11(10)16/h5-6H,7-8H2,1-4H3,(H2,16,17). The first-order valence-electron chi connectivity index (χ1n) is 6.50. The molecule has 2 heterocycles. The van der Waals surface area contributed by atoms with Gasteiger partial charge < -0.3 is 15.4 Å². The Morgan fingerprint density at radius 1 is 1.35 bits per heavy atom. The fraction of sp³-hybridized carbons (Fsp3) is 0.571. The highest BCUT2D eigenvalue weighted by Gasteiger charge is 2.40. The van der Waals surface area contributed by atoms with Crippen LogP contribution in [-0.2, 0) is 4.74 Å². The number of nitrogen functional groups attached to an aromatic ring is 1. The number of halogens is 1. The first-order chi connectivity index (χ1) is 9.10. The molecule has 0 spiro atoms. The van der Waals surface area contributed by atoms with E-state index >= 15 is 0 Å². The van der Waals surface area contributed by atoms with Gasteiger partial charge in [-0.25, -0.2) is 4.98 Å². The first-order valence-corrected chi connectivity index (χ1v) is 7.29. The summed E-state index contributed by atoms with van der Waals surface area (Å²) >= 11 is 3.32. The van der Waals surface area contributed by atoms with Crippen molar-refractivity contribution in [1.82, 2.24) is 9.88 Å². The third kappa shape index (κ3) is 3.30. The van der Waals surface area contributed by atoms with Crippen molar-refractivity contribution in [3.8, 4) is 0 Å². The molecule has 1 aliphatic rings. The molecule has 1 aliphatic heterocycles. The molecule has 2 rings (SSSR count). The van der Waals surface area contributed by atoms with E-state index in [9.17, 15) is 4.79 Å². The normalized spacial score (nSPS) is 20.8. The molecule has 1 aromatic rings. The van der Waals surface area contributed by atoms with Gasteiger partial charge in [-0.15, -0.1) is 0 Å². The van der Waals surface area contributed by atoms with Crippen LogP contribution >= 0.6 is 15.9 Å². The lowest BCUT2D eigenvalue weighted by molar-refractivity contribution is -0.171. The number of hydrogen-bond acceptors (Lipinski definition) is 4. The van der Waals surface area contributed by atoms with Crippen LogP contribution in [0.1, 0.15) is 38.1 Å². The molecule has 1 aromatic heterocycles. The van der Waals surface area contributed by atoms with E-state index in [2.05, 4.69) is 20.9 Å². The summed E-state index contributed by atoms with van der Waals surface area (Å²) in [6, 6.07) is 1.71. The number of rotatable bonds is 1. The molecular formula is C14H20BrN3O2. The number of ether oxygens (including phenoxy) is 1. The third-order valence-electron chi connectivity index (χ3n) is 3.10. The summed E-state index contributed by atoms with van der Waals surface area (Å²) < 4.78 is 6.72. The Balaban J connectivity index is 2.31. The molecule has 110 valence electrons. The van der Waals surface area contributed by atoms with E-state index in [1.165, 1.54) is 0 Å². The van der Waals surface area contributed by atoms with Crippen LogP contribution < -0.4 is 5.73 Å². The SMILES string of the molecule is CC1(C)CN(C(=O)c2cc(Br)cnc2N)CC(C)(C)O1. The minimum atomic E-state index is -0.383. The summed E-state index contributed by atoms with van der Waals surface area (Å²) in [5.41, 5.74) is 5.48. The molecule has 1 fully saturated rings. The van der Waals surface area contributed by atoms with Crippen molar-refractivity contribution in [1.29, 1.82) is 0 Å². The second kappa shape index (κ2) is 5.00. The van der Waals surface area contributed by atoms with Crippen molar-refractivity contribution >= 4 is 27.7 Å². The fourth-order valence-corrected chi connectivity index (χ4v) is 3.05. The number of aromatic nitrogens is 1. The van der Waals surface area contributed by atoms with Gasteiger partial charge in [0.05, 0.1) is 16.8 Å². The van der Waals surface area contributed by atoms with Gasteiger partial charge in [-0.1, -0.05) is 0 Å². The molecule has 0 aromatic carbocycles. The van der Waals surface area contributed by atoms with Crippen LogP contribution in [0.25, 0.3) is 0 Å². The van der Waals surface area contributed by atoms with Crippen LogP contribution in [0.15, 0.2) is 16.7 Å². The van der Waals surface area contributed by atoms with Gasteiger partial charge in [0.2, 0.25) is 0 Å². The Labute approximate surface area is 127 Å². The van der Waals surface area contributed by atoms with E-state index in [4.69, 9.17) is 10.5 Å². The van der Waals surface area contributed by atoms with Crippen molar-refractivity contribution in [2.24, 2.45) is 0 Å². The van der Waals surface area contributed by atoms with Gasteiger partial charge in [0, 0.05) is 23.8 Å². The zero-order chi connectivity index (χ0) is 15.1. The van der Waals surface area contributed by atoms with Crippen molar-refractivity contribution in [3.63, 3.8) is 0 Å². The Bertz CT molecular complexity index is 527. The molecule has 0 atom stereocenters. The Morgan fingerprint density at radius 3 is 2.45 bits per heavy atom. The lowest BCUT2D eigenvalue weighted by Gasteiger charge is -2.47. The largest absolute Gasteiger partial charge is 0.383 e. The molecule has 0 saturated carbocycles. The molecule has 0 aliphatic carbocycles. The molecule has 20 heavy (non-hydrogen) atoms. The minimum absolute atomic E-state index is 0.110. The van der Waals surface area contributed by atoms with E-state index in [0.29, 0.717) is 18.7 Å². The molecule has 0 unspecified atom stereocenters. The number of carbonyl (C=O) groups excluding carboxylic acids is 1. The van der Waals surface area contributed by atoms with E-state index < -0.39 is 0 Å². The number of anilines is 1. The summed E-state index contributed by atoms with van der Waals surface area (Å²) in [4.78, 5) is 18.5. The van der Waals surface area contributed by atoms with Crippen LogP contribution in [0.3, 0.4) is 0 Å². The van der Waals surface area contributed by atoms with Crippen LogP contribution in [0.2, 0.25) is 0 Å². The van der Waals surface area contributed by atoms with Gasteiger partial charge in [-0.3, -0.25) is 4.79 Å². The smallest absolute Gasteiger partial charge is 0.257 e. The summed E-state index contributed by atoms with van der Waals surface area (Å²) in [5.74, 6) is 0.140. The second-order valence-electron chi connectivity index (χ2n) is 6.37. The van der Waals surface area contributed by atoms with Gasteiger partial charge >= 0.3 is 0 Å². The Kier molecular flexibility index (Phi) is 3.81. The van der Waals surface area contributed by atoms with E-state index in [1.54, 1.807) is 17.2 Å². The van der Waals surface area contributed by atoms with Gasteiger partial charge in [0.25, 0.3) is 5.91 Å². The topological polar surface area (TPSA) is 68.5 Å². The molecular weight excluding hydrogens is 322 g/mol. The van der Waals surface area contributed by atoms with Crippen LogP contribution in [0.4, 0.5) is 5.82 Å². The maximum Gasteiger partial charge on any atom is 0.257 e. The minimum Gasteiger partial charge on any atom is -0.383 e. The van der Waals surface area contributed by atoms with Crippen molar-refractivity contribution in [3.05, 3.63) is 22.3 Å². The lowest BCUT2D eigenvalue weighted by Crippen LogP contribution is -2.58. The number of carbonyl (C=O) groups is 1. The van der Waals surface area contributed by atoms with E-state index in [1.807, 2.05) is 27.7 Å². The Morgan fingerprint density at radius 2 is 1.90 bits per heavy atom. The quantitative estimate of drug-likeness (QED) is 0.851. The maximum absolute atomic E-state index is 12.7. The monoisotopic (exact) mass is 341 g/mol. The lowest BCUT2D eigenvalue weighted by atomic mass is 9.98. The number of hydrogen-bond donors (Lipinski definition) is 1. The first kappa shape index (κ1) is 15.3. The molecule has 1 amide bonds. The predicted octanol–water partition coefficient (Wildman–Crippen LogP) is 2.46. The van der Waals surface area contributed by atoms with Gasteiger partial charge in [-0.2, -0.15) is 0 Å². The maximum atomic E-state index is 12.7. The number of amides is 1. The summed E-state index contributed by atoms with van der Waals surface area (Å²) in [5, 5.41) is 0. The third-order valence-corrected chi connectivity index (χ3v) is 3.53. The second-order valence-corrected chi connectivity index (χ2v) is 7.28. The average molecular weight is 342 g/mol. The highest BCUT2D eigenvalue weighted by atomic mass is 79.9. The van der Waals surface area contributed by atoms with E-state index in [-0.39, 0.29) is 22.9 Å². The highest BCUT2D eigenvalue weighted by Crippen LogP contribution is 2.29. The number of nitrogens with two attached hydrogens (primary N) is 1. The van der Waals surface area contributed by atoms with Gasteiger partial charge in [0.1, 0.15) is 5.82 Å². The van der Waals surface area contributed by atoms with Crippen LogP contribution in [0.5, 0.6) is 0 Å².